The van der Waals surface area contributed by atoms with E-state index in [2.05, 4.69) is 0 Å². The zero-order chi connectivity index (χ0) is 9.78. The fourth-order valence-electron chi connectivity index (χ4n) is 0.461. The molecule has 12 heavy (non-hydrogen) atoms. The first kappa shape index (κ1) is 11.0. The Morgan fingerprint density at radius 1 is 1.33 bits per heavy atom. The van der Waals surface area contributed by atoms with Gasteiger partial charge in [0.25, 0.3) is 0 Å². The summed E-state index contributed by atoms with van der Waals surface area (Å²) in [6.45, 7) is 8.86. The molecule has 0 spiro atoms. The second-order valence-electron chi connectivity index (χ2n) is 3.47. The third kappa shape index (κ3) is 5.77. The van der Waals surface area contributed by atoms with E-state index < -0.39 is 11.8 Å². The van der Waals surface area contributed by atoms with Crippen LogP contribution in [0.3, 0.4) is 0 Å². The maximum atomic E-state index is 10.9. The number of hydrogen-bond acceptors (Lipinski definition) is 3. The second-order valence-corrected chi connectivity index (χ2v) is 3.47. The molecule has 0 aliphatic rings. The lowest BCUT2D eigenvalue weighted by molar-refractivity contribution is 0.00657. The van der Waals surface area contributed by atoms with Gasteiger partial charge in [-0.05, 0) is 40.7 Å². The number of hydrogen-bond donors (Lipinski definition) is 0. The fourth-order valence-corrected chi connectivity index (χ4v) is 0.461. The summed E-state index contributed by atoms with van der Waals surface area (Å²) >= 11 is 0. The van der Waals surface area contributed by atoms with Gasteiger partial charge in [0.05, 0.1) is 0 Å². The molecule has 0 unspecified atom stereocenters. The Hall–Kier alpha value is -0.990. The summed E-state index contributed by atoms with van der Waals surface area (Å²) in [5.41, 5.74) is -0.495. The Balaban J connectivity index is 3.92. The maximum Gasteiger partial charge on any atom is 0.514 e. The zero-order valence-corrected chi connectivity index (χ0v) is 8.30. The van der Waals surface area contributed by atoms with Gasteiger partial charge in [-0.3, -0.25) is 0 Å². The predicted octanol–water partition coefficient (Wildman–Crippen LogP) is 2.86. The SMILES string of the molecule is CC=C(C)OC(=O)OC(C)(C)C. The molecule has 0 radical (unpaired) electrons. The van der Waals surface area contributed by atoms with Gasteiger partial charge in [0.2, 0.25) is 0 Å². The molecule has 0 saturated carbocycles. The number of carbonyl (C=O) groups excluding carboxylic acids is 1. The molecule has 0 heterocycles. The van der Waals surface area contributed by atoms with Gasteiger partial charge in [-0.25, -0.2) is 4.79 Å². The van der Waals surface area contributed by atoms with Crippen LogP contribution in [-0.2, 0) is 9.47 Å². The van der Waals surface area contributed by atoms with Gasteiger partial charge in [-0.1, -0.05) is 0 Å². The van der Waals surface area contributed by atoms with E-state index in [0.717, 1.165) is 0 Å². The van der Waals surface area contributed by atoms with Gasteiger partial charge in [0.1, 0.15) is 11.4 Å². The Kier molecular flexibility index (Phi) is 3.80. The molecule has 70 valence electrons. The molecule has 0 rings (SSSR count). The van der Waals surface area contributed by atoms with E-state index in [4.69, 9.17) is 9.47 Å². The van der Waals surface area contributed by atoms with Crippen LogP contribution in [-0.4, -0.2) is 11.8 Å². The van der Waals surface area contributed by atoms with Crippen molar-refractivity contribution in [3.63, 3.8) is 0 Å². The summed E-state index contributed by atoms with van der Waals surface area (Å²) in [6.07, 6.45) is 1.04. The summed E-state index contributed by atoms with van der Waals surface area (Å²) in [5, 5.41) is 0. The minimum atomic E-state index is -0.655. The van der Waals surface area contributed by atoms with Crippen molar-refractivity contribution >= 4 is 6.16 Å². The van der Waals surface area contributed by atoms with Crippen LogP contribution in [0.1, 0.15) is 34.6 Å². The van der Waals surface area contributed by atoms with Crippen molar-refractivity contribution in [3.8, 4) is 0 Å². The van der Waals surface area contributed by atoms with Gasteiger partial charge in [-0.15, -0.1) is 0 Å². The molecule has 0 amide bonds. The van der Waals surface area contributed by atoms with E-state index in [-0.39, 0.29) is 0 Å². The molecule has 0 atom stereocenters. The van der Waals surface area contributed by atoms with Crippen LogP contribution in [0.2, 0.25) is 0 Å². The summed E-state index contributed by atoms with van der Waals surface area (Å²) in [4.78, 5) is 10.9. The van der Waals surface area contributed by atoms with E-state index in [1.807, 2.05) is 0 Å². The molecule has 0 aliphatic carbocycles. The van der Waals surface area contributed by atoms with Crippen molar-refractivity contribution in [1.82, 2.24) is 0 Å². The first-order valence-electron chi connectivity index (χ1n) is 3.89. The molecule has 3 heteroatoms. The monoisotopic (exact) mass is 172 g/mol. The molecule has 0 aromatic heterocycles. The molecule has 0 fully saturated rings. The Morgan fingerprint density at radius 2 is 1.83 bits per heavy atom. The minimum Gasteiger partial charge on any atom is -0.428 e. The lowest BCUT2D eigenvalue weighted by atomic mass is 10.2. The highest BCUT2D eigenvalue weighted by molar-refractivity contribution is 5.61. The lowest BCUT2D eigenvalue weighted by Gasteiger charge is -2.18. The average Bonchev–Trinajstić information content (AvgIpc) is 1.82. The van der Waals surface area contributed by atoms with Gasteiger partial charge in [0, 0.05) is 0 Å². The smallest absolute Gasteiger partial charge is 0.428 e. The van der Waals surface area contributed by atoms with Crippen molar-refractivity contribution in [3.05, 3.63) is 11.8 Å². The highest BCUT2D eigenvalue weighted by Crippen LogP contribution is 2.09. The van der Waals surface area contributed by atoms with Crippen LogP contribution in [0, 0.1) is 0 Å². The Labute approximate surface area is 73.4 Å². The van der Waals surface area contributed by atoms with E-state index in [0.29, 0.717) is 5.76 Å². The third-order valence-corrected chi connectivity index (χ3v) is 1.04. The van der Waals surface area contributed by atoms with Gasteiger partial charge in [0.15, 0.2) is 0 Å². The molecular formula is C9H16O3. The molecule has 0 bridgehead atoms. The maximum absolute atomic E-state index is 10.9. The molecular weight excluding hydrogens is 156 g/mol. The van der Waals surface area contributed by atoms with Gasteiger partial charge < -0.3 is 9.47 Å². The van der Waals surface area contributed by atoms with E-state index >= 15 is 0 Å². The summed E-state index contributed by atoms with van der Waals surface area (Å²) in [6, 6.07) is 0. The van der Waals surface area contributed by atoms with Crippen molar-refractivity contribution in [2.24, 2.45) is 0 Å². The van der Waals surface area contributed by atoms with Crippen molar-refractivity contribution in [2.75, 3.05) is 0 Å². The molecule has 0 aromatic rings. The van der Waals surface area contributed by atoms with E-state index in [1.165, 1.54) is 0 Å². The number of rotatable bonds is 1. The molecule has 0 aromatic carbocycles. The van der Waals surface area contributed by atoms with Crippen molar-refractivity contribution in [2.45, 2.75) is 40.2 Å². The summed E-state index contributed by atoms with van der Waals surface area (Å²) in [7, 11) is 0. The largest absolute Gasteiger partial charge is 0.514 e. The molecule has 0 N–H and O–H groups in total. The first-order chi connectivity index (χ1) is 5.35. The predicted molar refractivity (Wildman–Crippen MR) is 46.8 cm³/mol. The van der Waals surface area contributed by atoms with Crippen LogP contribution in [0.15, 0.2) is 11.8 Å². The number of ether oxygens (including phenoxy) is 2. The van der Waals surface area contributed by atoms with Crippen LogP contribution in [0.4, 0.5) is 4.79 Å². The topological polar surface area (TPSA) is 35.5 Å². The average molecular weight is 172 g/mol. The van der Waals surface area contributed by atoms with E-state index in [9.17, 15) is 4.79 Å². The van der Waals surface area contributed by atoms with Gasteiger partial charge >= 0.3 is 6.16 Å². The molecule has 3 nitrogen and oxygen atoms in total. The van der Waals surface area contributed by atoms with Crippen molar-refractivity contribution in [1.29, 1.82) is 0 Å². The highest BCUT2D eigenvalue weighted by Gasteiger charge is 2.17. The first-order valence-corrected chi connectivity index (χ1v) is 3.89. The lowest BCUT2D eigenvalue weighted by Crippen LogP contribution is -2.24. The van der Waals surface area contributed by atoms with Crippen LogP contribution < -0.4 is 0 Å². The Morgan fingerprint density at radius 3 is 2.17 bits per heavy atom. The number of carbonyl (C=O) groups is 1. The zero-order valence-electron chi connectivity index (χ0n) is 8.30. The summed E-state index contributed by atoms with van der Waals surface area (Å²) < 4.78 is 9.68. The molecule has 0 saturated heterocycles. The standard InChI is InChI=1S/C9H16O3/c1-6-7(2)11-8(10)12-9(3,4)5/h6H,1-5H3. The second kappa shape index (κ2) is 4.14. The van der Waals surface area contributed by atoms with Crippen molar-refractivity contribution < 1.29 is 14.3 Å². The minimum absolute atomic E-state index is 0.495. The fraction of sp³-hybridized carbons (Fsp3) is 0.667. The van der Waals surface area contributed by atoms with E-state index in [1.54, 1.807) is 40.7 Å². The number of allylic oxidation sites excluding steroid dienone is 2. The van der Waals surface area contributed by atoms with Gasteiger partial charge in [-0.2, -0.15) is 0 Å². The van der Waals surface area contributed by atoms with Crippen LogP contribution in [0.5, 0.6) is 0 Å². The quantitative estimate of drug-likeness (QED) is 0.450. The Bertz CT molecular complexity index is 186. The van der Waals surface area contributed by atoms with Crippen LogP contribution in [0.25, 0.3) is 0 Å². The molecule has 0 aliphatic heterocycles. The normalized spacial score (nSPS) is 12.6. The van der Waals surface area contributed by atoms with Crippen LogP contribution >= 0.6 is 0 Å². The highest BCUT2D eigenvalue weighted by atomic mass is 16.7. The third-order valence-electron chi connectivity index (χ3n) is 1.04. The summed E-state index contributed by atoms with van der Waals surface area (Å²) in [5.74, 6) is 0.546.